The van der Waals surface area contributed by atoms with Crippen LogP contribution in [0, 0.1) is 11.6 Å². The highest BCUT2D eigenvalue weighted by atomic mass is 19.1. The lowest BCUT2D eigenvalue weighted by Crippen LogP contribution is -2.38. The van der Waals surface area contributed by atoms with Crippen LogP contribution in [0.4, 0.5) is 8.78 Å². The first kappa shape index (κ1) is 13.9. The molecule has 5 heteroatoms. The summed E-state index contributed by atoms with van der Waals surface area (Å²) in [6, 6.07) is 3.42. The van der Waals surface area contributed by atoms with Crippen LogP contribution in [-0.2, 0) is 0 Å². The van der Waals surface area contributed by atoms with Crippen LogP contribution in [0.1, 0.15) is 29.6 Å². The predicted octanol–water partition coefficient (Wildman–Crippen LogP) is 2.18. The Morgan fingerprint density at radius 2 is 1.79 bits per heavy atom. The summed E-state index contributed by atoms with van der Waals surface area (Å²) >= 11 is 0. The van der Waals surface area contributed by atoms with Crippen molar-refractivity contribution in [3.63, 3.8) is 0 Å². The molecule has 1 heterocycles. The summed E-state index contributed by atoms with van der Waals surface area (Å²) in [6.07, 6.45) is 3.61. The number of nitrogens with zero attached hydrogens (tertiary/aromatic N) is 1. The van der Waals surface area contributed by atoms with Crippen LogP contribution in [0.2, 0.25) is 0 Å². The van der Waals surface area contributed by atoms with Gasteiger partial charge >= 0.3 is 0 Å². The number of likely N-dealkylation sites (tertiary alicyclic amines) is 1. The van der Waals surface area contributed by atoms with Crippen LogP contribution >= 0.6 is 0 Å². The van der Waals surface area contributed by atoms with Gasteiger partial charge in [-0.05, 0) is 38.1 Å². The third kappa shape index (κ3) is 3.73. The Morgan fingerprint density at radius 1 is 1.16 bits per heavy atom. The fourth-order valence-electron chi connectivity index (χ4n) is 2.31. The zero-order valence-electron chi connectivity index (χ0n) is 10.8. The molecule has 0 radical (unpaired) electrons. The highest BCUT2D eigenvalue weighted by molar-refractivity contribution is 5.94. The Balaban J connectivity index is 1.84. The standard InChI is InChI=1S/C14H18F2N2O/c15-11-5-4-6-12(16)13(11)14(19)17-7-10-18-8-2-1-3-9-18/h4-6H,1-3,7-10H2,(H,17,19). The van der Waals surface area contributed by atoms with E-state index < -0.39 is 23.1 Å². The van der Waals surface area contributed by atoms with Crippen molar-refractivity contribution in [3.05, 3.63) is 35.4 Å². The molecule has 0 bridgehead atoms. The van der Waals surface area contributed by atoms with E-state index in [1.165, 1.54) is 25.3 Å². The van der Waals surface area contributed by atoms with Crippen LogP contribution in [-0.4, -0.2) is 37.0 Å². The van der Waals surface area contributed by atoms with Crippen molar-refractivity contribution >= 4 is 5.91 Å². The number of amides is 1. The topological polar surface area (TPSA) is 32.3 Å². The van der Waals surface area contributed by atoms with Gasteiger partial charge in [0.1, 0.15) is 17.2 Å². The number of rotatable bonds is 4. The number of hydrogen-bond acceptors (Lipinski definition) is 2. The number of piperidine rings is 1. The van der Waals surface area contributed by atoms with E-state index in [0.29, 0.717) is 6.54 Å². The lowest BCUT2D eigenvalue weighted by Gasteiger charge is -2.26. The molecule has 1 amide bonds. The minimum atomic E-state index is -0.824. The molecule has 0 aromatic heterocycles. The van der Waals surface area contributed by atoms with Crippen molar-refractivity contribution in [1.82, 2.24) is 10.2 Å². The Morgan fingerprint density at radius 3 is 2.42 bits per heavy atom. The Bertz CT molecular complexity index is 425. The van der Waals surface area contributed by atoms with Gasteiger partial charge in [-0.25, -0.2) is 8.78 Å². The summed E-state index contributed by atoms with van der Waals surface area (Å²) in [7, 11) is 0. The van der Waals surface area contributed by atoms with Gasteiger partial charge in [0, 0.05) is 13.1 Å². The van der Waals surface area contributed by atoms with E-state index in [1.54, 1.807) is 0 Å². The summed E-state index contributed by atoms with van der Waals surface area (Å²) in [5.74, 6) is -2.33. The minimum absolute atomic E-state index is 0.409. The maximum Gasteiger partial charge on any atom is 0.257 e. The second-order valence-electron chi connectivity index (χ2n) is 4.75. The predicted molar refractivity (Wildman–Crippen MR) is 69.0 cm³/mol. The fourth-order valence-corrected chi connectivity index (χ4v) is 2.31. The normalized spacial score (nSPS) is 16.3. The molecule has 2 rings (SSSR count). The third-order valence-electron chi connectivity index (χ3n) is 3.35. The summed E-state index contributed by atoms with van der Waals surface area (Å²) in [5, 5.41) is 2.57. The molecule has 1 fully saturated rings. The molecule has 104 valence electrons. The van der Waals surface area contributed by atoms with Gasteiger partial charge in [-0.15, -0.1) is 0 Å². The molecule has 0 saturated carbocycles. The van der Waals surface area contributed by atoms with Gasteiger partial charge in [0.15, 0.2) is 0 Å². The largest absolute Gasteiger partial charge is 0.351 e. The molecule has 1 aliphatic heterocycles. The molecular weight excluding hydrogens is 250 g/mol. The summed E-state index contributed by atoms with van der Waals surface area (Å²) in [6.45, 7) is 3.20. The zero-order chi connectivity index (χ0) is 13.7. The monoisotopic (exact) mass is 268 g/mol. The zero-order valence-corrected chi connectivity index (χ0v) is 10.8. The molecule has 3 nitrogen and oxygen atoms in total. The molecule has 1 saturated heterocycles. The lowest BCUT2D eigenvalue weighted by atomic mass is 10.1. The number of nitrogens with one attached hydrogen (secondary N) is 1. The van der Waals surface area contributed by atoms with Gasteiger partial charge in [0.05, 0.1) is 0 Å². The summed E-state index contributed by atoms with van der Waals surface area (Å²) < 4.78 is 26.7. The van der Waals surface area contributed by atoms with Gasteiger partial charge in [-0.3, -0.25) is 4.79 Å². The van der Waals surface area contributed by atoms with Crippen molar-refractivity contribution < 1.29 is 13.6 Å². The second-order valence-corrected chi connectivity index (χ2v) is 4.75. The highest BCUT2D eigenvalue weighted by Gasteiger charge is 2.17. The molecule has 1 aromatic carbocycles. The van der Waals surface area contributed by atoms with E-state index in [1.807, 2.05) is 0 Å². The van der Waals surface area contributed by atoms with Crippen LogP contribution in [0.5, 0.6) is 0 Å². The van der Waals surface area contributed by atoms with Gasteiger partial charge in [0.25, 0.3) is 5.91 Å². The SMILES string of the molecule is O=C(NCCN1CCCCC1)c1c(F)cccc1F. The fraction of sp³-hybridized carbons (Fsp3) is 0.500. The maximum atomic E-state index is 13.4. The van der Waals surface area contributed by atoms with Crippen molar-refractivity contribution in [2.24, 2.45) is 0 Å². The number of carbonyl (C=O) groups excluding carboxylic acids is 1. The summed E-state index contributed by atoms with van der Waals surface area (Å²) in [4.78, 5) is 14.0. The first-order valence-electron chi connectivity index (χ1n) is 6.63. The third-order valence-corrected chi connectivity index (χ3v) is 3.35. The van der Waals surface area contributed by atoms with Crippen LogP contribution in [0.25, 0.3) is 0 Å². The average Bonchev–Trinajstić information content (AvgIpc) is 2.40. The molecule has 1 N–H and O–H groups in total. The highest BCUT2D eigenvalue weighted by Crippen LogP contribution is 2.11. The van der Waals surface area contributed by atoms with E-state index in [2.05, 4.69) is 10.2 Å². The molecule has 0 aliphatic carbocycles. The Kier molecular flexibility index (Phi) is 4.85. The smallest absolute Gasteiger partial charge is 0.257 e. The molecular formula is C14H18F2N2O. The Hall–Kier alpha value is -1.49. The van der Waals surface area contributed by atoms with E-state index in [4.69, 9.17) is 0 Å². The quantitative estimate of drug-likeness (QED) is 0.907. The second kappa shape index (κ2) is 6.61. The van der Waals surface area contributed by atoms with Gasteiger partial charge in [0.2, 0.25) is 0 Å². The first-order valence-corrected chi connectivity index (χ1v) is 6.63. The summed E-state index contributed by atoms with van der Waals surface area (Å²) in [5.41, 5.74) is -0.499. The van der Waals surface area contributed by atoms with Gasteiger partial charge in [-0.1, -0.05) is 12.5 Å². The van der Waals surface area contributed by atoms with Crippen molar-refractivity contribution in [2.75, 3.05) is 26.2 Å². The van der Waals surface area contributed by atoms with Gasteiger partial charge in [-0.2, -0.15) is 0 Å². The maximum absolute atomic E-state index is 13.4. The van der Waals surface area contributed by atoms with Crippen LogP contribution in [0.15, 0.2) is 18.2 Å². The van der Waals surface area contributed by atoms with Gasteiger partial charge < -0.3 is 10.2 Å². The number of benzene rings is 1. The van der Waals surface area contributed by atoms with Crippen molar-refractivity contribution in [1.29, 1.82) is 0 Å². The molecule has 0 unspecified atom stereocenters. The lowest BCUT2D eigenvalue weighted by molar-refractivity contribution is 0.0938. The number of halogens is 2. The molecule has 1 aliphatic rings. The molecule has 0 atom stereocenters. The number of hydrogen-bond donors (Lipinski definition) is 1. The van der Waals surface area contributed by atoms with Crippen molar-refractivity contribution in [3.8, 4) is 0 Å². The first-order chi connectivity index (χ1) is 9.18. The minimum Gasteiger partial charge on any atom is -0.351 e. The van der Waals surface area contributed by atoms with Crippen molar-refractivity contribution in [2.45, 2.75) is 19.3 Å². The van der Waals surface area contributed by atoms with E-state index in [-0.39, 0.29) is 0 Å². The number of carbonyl (C=O) groups is 1. The Labute approximate surface area is 111 Å². The van der Waals surface area contributed by atoms with Crippen LogP contribution in [0.3, 0.4) is 0 Å². The van der Waals surface area contributed by atoms with E-state index >= 15 is 0 Å². The van der Waals surface area contributed by atoms with E-state index in [9.17, 15) is 13.6 Å². The molecule has 1 aromatic rings. The molecule has 0 spiro atoms. The van der Waals surface area contributed by atoms with Crippen LogP contribution < -0.4 is 5.32 Å². The van der Waals surface area contributed by atoms with E-state index in [0.717, 1.165) is 31.8 Å². The molecule has 19 heavy (non-hydrogen) atoms. The average molecular weight is 268 g/mol.